The Hall–Kier alpha value is -14.9. The second-order valence-electron chi connectivity index (χ2n) is 22.7. The number of hydrogen-bond acceptors (Lipinski definition) is 8. The number of pyridine rings is 1. The van der Waals surface area contributed by atoms with Crippen LogP contribution in [-0.4, -0.2) is 29.1 Å². The number of nitrogens with zero attached hydrogens (tertiary/aromatic N) is 14. The molecule has 0 aliphatic carbocycles. The Bertz CT molecular complexity index is 5750. The van der Waals surface area contributed by atoms with E-state index in [1.807, 2.05) is 127 Å². The van der Waals surface area contributed by atoms with Crippen LogP contribution in [0, 0.1) is 71.6 Å². The van der Waals surface area contributed by atoms with Gasteiger partial charge < -0.3 is 9.13 Å². The minimum atomic E-state index is 0.327. The van der Waals surface area contributed by atoms with Crippen LogP contribution < -0.4 is 0 Å². The Kier molecular flexibility index (Phi) is 14.3. The molecular formula is C82H40N14. The molecule has 15 rings (SSSR count). The first-order chi connectivity index (χ1) is 47.1. The molecule has 11 aromatic carbocycles. The molecule has 0 saturated carbocycles. The molecule has 0 fully saturated rings. The van der Waals surface area contributed by atoms with Gasteiger partial charge in [0.05, 0.1) is 101 Å². The Morgan fingerprint density at radius 3 is 1.05 bits per heavy atom. The molecule has 0 radical (unpaired) electrons. The number of hydrogen-bond donors (Lipinski definition) is 0. The maximum Gasteiger partial charge on any atom is 0.189 e. The minimum Gasteiger partial charge on any atom is -0.309 e. The van der Waals surface area contributed by atoms with Gasteiger partial charge in [-0.05, 0) is 178 Å². The van der Waals surface area contributed by atoms with Crippen molar-refractivity contribution in [3.8, 4) is 126 Å². The molecule has 0 saturated heterocycles. The molecule has 14 nitrogen and oxygen atoms in total. The number of nitriles is 4. The average Bonchev–Trinajstić information content (AvgIpc) is 1.57. The molecule has 4 aromatic heterocycles. The summed E-state index contributed by atoms with van der Waals surface area (Å²) in [6, 6.07) is 83.3. The maximum absolute atomic E-state index is 10.1. The third-order valence-corrected chi connectivity index (χ3v) is 17.0. The molecule has 0 spiro atoms. The van der Waals surface area contributed by atoms with Crippen LogP contribution in [0.15, 0.2) is 243 Å². The molecule has 0 aliphatic rings. The van der Waals surface area contributed by atoms with Gasteiger partial charge in [-0.15, -0.1) is 0 Å². The van der Waals surface area contributed by atoms with E-state index in [1.165, 1.54) is 0 Å². The lowest BCUT2D eigenvalue weighted by Gasteiger charge is -2.19. The van der Waals surface area contributed by atoms with Gasteiger partial charge in [0.25, 0.3) is 0 Å². The normalized spacial score (nSPS) is 10.8. The molecule has 0 bridgehead atoms. The summed E-state index contributed by atoms with van der Waals surface area (Å²) in [6.07, 6.45) is 1.77. The van der Waals surface area contributed by atoms with Crippen LogP contribution in [0.5, 0.6) is 0 Å². The number of benzene rings is 11. The fourth-order valence-corrected chi connectivity index (χ4v) is 12.7. The van der Waals surface area contributed by atoms with E-state index in [2.05, 4.69) is 89.2 Å². The van der Waals surface area contributed by atoms with Gasteiger partial charge in [0.15, 0.2) is 40.2 Å². The van der Waals surface area contributed by atoms with E-state index in [0.717, 1.165) is 82.7 Å². The van der Waals surface area contributed by atoms with Crippen molar-refractivity contribution in [3.63, 3.8) is 0 Å². The van der Waals surface area contributed by atoms with E-state index >= 15 is 0 Å². The summed E-state index contributed by atoms with van der Waals surface area (Å²) in [4.78, 5) is 35.7. The summed E-state index contributed by atoms with van der Waals surface area (Å²) in [5.41, 5.74) is 16.6. The van der Waals surface area contributed by atoms with Crippen molar-refractivity contribution in [1.29, 1.82) is 21.0 Å². The zero-order chi connectivity index (χ0) is 65.6. The average molecular weight is 1220 g/mol. The van der Waals surface area contributed by atoms with E-state index in [0.29, 0.717) is 107 Å². The largest absolute Gasteiger partial charge is 0.309 e. The molecular weight excluding hydrogens is 1180 g/mol. The third kappa shape index (κ3) is 10.2. The van der Waals surface area contributed by atoms with Crippen LogP contribution in [0.1, 0.15) is 22.3 Å². The molecule has 14 heteroatoms. The summed E-state index contributed by atoms with van der Waals surface area (Å²) in [6.45, 7) is 31.7. The van der Waals surface area contributed by atoms with Crippen LogP contribution in [-0.2, 0) is 0 Å². The highest BCUT2D eigenvalue weighted by Gasteiger charge is 2.25. The third-order valence-electron chi connectivity index (χ3n) is 17.0. The van der Waals surface area contributed by atoms with Crippen molar-refractivity contribution < 1.29 is 0 Å². The van der Waals surface area contributed by atoms with Crippen LogP contribution >= 0.6 is 0 Å². The quantitative estimate of drug-likeness (QED) is 0.122. The van der Waals surface area contributed by atoms with Crippen molar-refractivity contribution in [2.24, 2.45) is 0 Å². The highest BCUT2D eigenvalue weighted by atomic mass is 15.0. The van der Waals surface area contributed by atoms with Gasteiger partial charge in [0.2, 0.25) is 0 Å². The zero-order valence-electron chi connectivity index (χ0n) is 50.4. The number of fused-ring (bicyclic) bond motifs is 6. The predicted molar refractivity (Wildman–Crippen MR) is 374 cm³/mol. The first kappa shape index (κ1) is 57.5. The van der Waals surface area contributed by atoms with Crippen molar-refractivity contribution in [1.82, 2.24) is 29.1 Å². The highest BCUT2D eigenvalue weighted by molar-refractivity contribution is 6.14. The topological polar surface area (TPSA) is 174 Å². The standard InChI is InChI=1S/C82H40N14/c1-87-64-33-51(47-85)31-61(35-64)56-18-22-73-68(40-56)69-42-58(63-37-66(89-3)44-67(38-63)90-4)20-23-74(69)95(73)77-26-21-59(82-93-80(53-12-7-5-8-13-53)92-81(94-82)54-14-9-6-10-15-54)43-72(77)79-78(16-11-27-91-79)96-75-24-17-55(60-29-49(45-83)28-50(30-60)46-84)39-70(75)71-41-57(19-25-76(71)96)62-32-52(48-86)34-65(36-62)88-2/h5-44H. The first-order valence-electron chi connectivity index (χ1n) is 30.0. The van der Waals surface area contributed by atoms with Gasteiger partial charge in [-0.3, -0.25) is 4.98 Å². The van der Waals surface area contributed by atoms with E-state index in [-0.39, 0.29) is 0 Å². The number of rotatable bonds is 10. The molecule has 0 unspecified atom stereocenters. The fourth-order valence-electron chi connectivity index (χ4n) is 12.7. The lowest BCUT2D eigenvalue weighted by Crippen LogP contribution is -2.04. The summed E-state index contributed by atoms with van der Waals surface area (Å²) < 4.78 is 4.38. The molecule has 0 aliphatic heterocycles. The fraction of sp³-hybridized carbons (Fsp3) is 0. The van der Waals surface area contributed by atoms with Crippen LogP contribution in [0.25, 0.3) is 164 Å². The predicted octanol–water partition coefficient (Wildman–Crippen LogP) is 20.5. The van der Waals surface area contributed by atoms with E-state index in [4.69, 9.17) is 46.2 Å². The van der Waals surface area contributed by atoms with Crippen LogP contribution in [0.3, 0.4) is 0 Å². The molecule has 15 aromatic rings. The highest BCUT2D eigenvalue weighted by Crippen LogP contribution is 2.46. The van der Waals surface area contributed by atoms with Gasteiger partial charge in [-0.25, -0.2) is 34.3 Å². The lowest BCUT2D eigenvalue weighted by molar-refractivity contribution is 1.07. The first-order valence-corrected chi connectivity index (χ1v) is 30.0. The summed E-state index contributed by atoms with van der Waals surface area (Å²) in [5.74, 6) is 1.36. The van der Waals surface area contributed by atoms with E-state index in [1.54, 1.807) is 79.0 Å². The van der Waals surface area contributed by atoms with Gasteiger partial charge in [-0.1, -0.05) is 103 Å². The molecule has 4 heterocycles. The van der Waals surface area contributed by atoms with Gasteiger partial charge in [0.1, 0.15) is 0 Å². The zero-order valence-corrected chi connectivity index (χ0v) is 50.4. The second-order valence-corrected chi connectivity index (χ2v) is 22.7. The Balaban J connectivity index is 1.03. The molecule has 96 heavy (non-hydrogen) atoms. The van der Waals surface area contributed by atoms with Crippen LogP contribution in [0.4, 0.5) is 22.7 Å². The lowest BCUT2D eigenvalue weighted by atomic mass is 9.97. The van der Waals surface area contributed by atoms with Crippen molar-refractivity contribution >= 4 is 66.4 Å². The molecule has 438 valence electrons. The monoisotopic (exact) mass is 1220 g/mol. The minimum absolute atomic E-state index is 0.327. The van der Waals surface area contributed by atoms with Crippen molar-refractivity contribution in [2.75, 3.05) is 0 Å². The van der Waals surface area contributed by atoms with Gasteiger partial charge in [-0.2, -0.15) is 21.0 Å². The molecule has 0 N–H and O–H groups in total. The SMILES string of the molecule is [C-]#[N+]c1cc(C#N)cc(-c2ccc3c(c2)c2cc(-c4cc([N+]#[C-])cc([N+]#[C-])c4)ccc2n3-c2ccc(-c3nc(-c4ccccc4)nc(-c4ccccc4)n3)cc2-c2ncccc2-n2c3ccc(-c4cc(C#N)cc(C#N)c4)cc3c3cc(-c4cc(C#N)cc([N+]#[C-])c4)ccc32)c1. The number of aromatic nitrogens is 6. The van der Waals surface area contributed by atoms with Gasteiger partial charge >= 0.3 is 0 Å². The van der Waals surface area contributed by atoms with E-state index < -0.39 is 0 Å². The smallest absolute Gasteiger partial charge is 0.189 e. The van der Waals surface area contributed by atoms with E-state index in [9.17, 15) is 21.0 Å². The Morgan fingerprint density at radius 2 is 0.646 bits per heavy atom. The van der Waals surface area contributed by atoms with Crippen molar-refractivity contribution in [2.45, 2.75) is 0 Å². The molecule has 0 amide bonds. The Morgan fingerprint density at radius 1 is 0.292 bits per heavy atom. The summed E-state index contributed by atoms with van der Waals surface area (Å²) in [7, 11) is 0. The Labute approximate surface area is 549 Å². The summed E-state index contributed by atoms with van der Waals surface area (Å²) in [5, 5.41) is 43.8. The summed E-state index contributed by atoms with van der Waals surface area (Å²) >= 11 is 0. The van der Waals surface area contributed by atoms with Gasteiger partial charge in [0, 0.05) is 61.1 Å². The second kappa shape index (κ2) is 23.8. The van der Waals surface area contributed by atoms with Crippen LogP contribution in [0.2, 0.25) is 0 Å². The maximum atomic E-state index is 10.1. The molecule has 0 atom stereocenters. The van der Waals surface area contributed by atoms with Crippen molar-refractivity contribution in [3.05, 3.63) is 311 Å².